The maximum absolute atomic E-state index is 5.31. The van der Waals surface area contributed by atoms with E-state index in [1.54, 1.807) is 13.3 Å². The summed E-state index contributed by atoms with van der Waals surface area (Å²) < 4.78 is 7.29. The highest BCUT2D eigenvalue weighted by atomic mass is 127. The third kappa shape index (κ3) is 4.98. The average Bonchev–Trinajstić information content (AvgIpc) is 3.14. The molecule has 0 spiro atoms. The van der Waals surface area contributed by atoms with Crippen LogP contribution in [0, 0.1) is 0 Å². The molecule has 2 aromatic rings. The summed E-state index contributed by atoms with van der Waals surface area (Å²) in [6.07, 6.45) is 3.58. The molecule has 0 aliphatic rings. The zero-order valence-corrected chi connectivity index (χ0v) is 16.5. The predicted octanol–water partition coefficient (Wildman–Crippen LogP) is 2.62. The highest BCUT2D eigenvalue weighted by Gasteiger charge is 2.13. The van der Waals surface area contributed by atoms with Crippen molar-refractivity contribution >= 4 is 29.9 Å². The van der Waals surface area contributed by atoms with E-state index in [-0.39, 0.29) is 24.0 Å². The highest BCUT2D eigenvalue weighted by molar-refractivity contribution is 14.0. The zero-order valence-electron chi connectivity index (χ0n) is 14.2. The third-order valence-electron chi connectivity index (χ3n) is 3.69. The van der Waals surface area contributed by atoms with Gasteiger partial charge in [0.2, 0.25) is 0 Å². The van der Waals surface area contributed by atoms with Crippen LogP contribution in [0.1, 0.15) is 36.6 Å². The van der Waals surface area contributed by atoms with Crippen molar-refractivity contribution in [3.8, 4) is 0 Å². The Morgan fingerprint density at radius 2 is 2.00 bits per heavy atom. The van der Waals surface area contributed by atoms with E-state index in [4.69, 9.17) is 4.42 Å². The number of guanidine groups is 1. The third-order valence-corrected chi connectivity index (χ3v) is 3.69. The number of aliphatic imine (C=N–C) groups is 1. The Bertz CT molecular complexity index is 619. The number of nitrogens with zero attached hydrogens (tertiary/aromatic N) is 3. The first-order valence-electron chi connectivity index (χ1n) is 7.70. The first-order chi connectivity index (χ1) is 10.7. The van der Waals surface area contributed by atoms with E-state index < -0.39 is 0 Å². The molecular formula is C16H26IN5O. The molecule has 0 unspecified atom stereocenters. The molecule has 0 saturated heterocycles. The molecule has 0 bridgehead atoms. The van der Waals surface area contributed by atoms with Crippen LogP contribution in [0.25, 0.3) is 0 Å². The van der Waals surface area contributed by atoms with Crippen LogP contribution in [0.5, 0.6) is 0 Å². The summed E-state index contributed by atoms with van der Waals surface area (Å²) in [6, 6.07) is 3.82. The van der Waals surface area contributed by atoms with Gasteiger partial charge in [0.15, 0.2) is 5.96 Å². The number of nitrogens with one attached hydrogen (secondary N) is 2. The fourth-order valence-corrected chi connectivity index (χ4v) is 2.57. The Labute approximate surface area is 154 Å². The molecule has 2 heterocycles. The second-order valence-corrected chi connectivity index (χ2v) is 5.06. The largest absolute Gasteiger partial charge is 0.467 e. The molecule has 0 aliphatic heterocycles. The van der Waals surface area contributed by atoms with Gasteiger partial charge in [-0.2, -0.15) is 5.10 Å². The summed E-state index contributed by atoms with van der Waals surface area (Å²) in [5.74, 6) is 1.64. The zero-order chi connectivity index (χ0) is 15.9. The van der Waals surface area contributed by atoms with Crippen LogP contribution in [-0.4, -0.2) is 22.8 Å². The molecule has 0 aromatic carbocycles. The lowest BCUT2D eigenvalue weighted by molar-refractivity contribution is 0.501. The van der Waals surface area contributed by atoms with Crippen molar-refractivity contribution in [2.24, 2.45) is 12.0 Å². The van der Waals surface area contributed by atoms with Gasteiger partial charge in [-0.25, -0.2) is 0 Å². The van der Waals surface area contributed by atoms with Gasteiger partial charge in [-0.1, -0.05) is 13.8 Å². The average molecular weight is 431 g/mol. The van der Waals surface area contributed by atoms with Crippen LogP contribution >= 0.6 is 24.0 Å². The van der Waals surface area contributed by atoms with E-state index >= 15 is 0 Å². The monoisotopic (exact) mass is 431 g/mol. The lowest BCUT2D eigenvalue weighted by atomic mass is 10.1. The van der Waals surface area contributed by atoms with Crippen molar-refractivity contribution in [3.63, 3.8) is 0 Å². The minimum atomic E-state index is 0. The molecule has 0 radical (unpaired) electrons. The van der Waals surface area contributed by atoms with Gasteiger partial charge in [-0.3, -0.25) is 9.67 Å². The Kier molecular flexibility index (Phi) is 8.15. The normalized spacial score (nSPS) is 11.2. The van der Waals surface area contributed by atoms with Crippen LogP contribution in [-0.2, 0) is 33.0 Å². The van der Waals surface area contributed by atoms with Crippen LogP contribution in [0.2, 0.25) is 0 Å². The number of hydrogen-bond acceptors (Lipinski definition) is 3. The minimum Gasteiger partial charge on any atom is -0.467 e. The van der Waals surface area contributed by atoms with Crippen molar-refractivity contribution in [1.82, 2.24) is 20.4 Å². The van der Waals surface area contributed by atoms with Crippen molar-refractivity contribution < 1.29 is 4.42 Å². The second kappa shape index (κ2) is 9.59. The van der Waals surface area contributed by atoms with Crippen molar-refractivity contribution in [2.75, 3.05) is 7.05 Å². The Morgan fingerprint density at radius 3 is 2.57 bits per heavy atom. The number of hydrogen-bond donors (Lipinski definition) is 2. The van der Waals surface area contributed by atoms with Gasteiger partial charge in [-0.05, 0) is 25.0 Å². The van der Waals surface area contributed by atoms with E-state index in [1.807, 2.05) is 23.9 Å². The van der Waals surface area contributed by atoms with Gasteiger partial charge in [0.1, 0.15) is 5.76 Å². The minimum absolute atomic E-state index is 0. The van der Waals surface area contributed by atoms with E-state index in [2.05, 4.69) is 34.6 Å². The van der Waals surface area contributed by atoms with E-state index in [1.165, 1.54) is 11.3 Å². The number of aryl methyl sites for hydroxylation is 2. The molecule has 2 aromatic heterocycles. The van der Waals surface area contributed by atoms with Crippen LogP contribution < -0.4 is 10.6 Å². The van der Waals surface area contributed by atoms with Gasteiger partial charge in [0.25, 0.3) is 0 Å². The molecule has 2 N–H and O–H groups in total. The number of aromatic nitrogens is 2. The first kappa shape index (κ1) is 19.5. The van der Waals surface area contributed by atoms with Crippen LogP contribution in [0.3, 0.4) is 0 Å². The van der Waals surface area contributed by atoms with Gasteiger partial charge in [0.05, 0.1) is 18.5 Å². The SMILES string of the molecule is CCc1nn(C)c(CC)c1CNC(=NC)NCc1ccco1.I. The molecular weight excluding hydrogens is 405 g/mol. The fourth-order valence-electron chi connectivity index (χ4n) is 2.57. The fraction of sp³-hybridized carbons (Fsp3) is 0.500. The topological polar surface area (TPSA) is 67.4 Å². The molecule has 0 saturated carbocycles. The standard InChI is InChI=1S/C16H25N5O.HI/c1-5-14-13(15(6-2)21(4)20-14)11-19-16(17-3)18-10-12-8-7-9-22-12;/h7-9H,5-6,10-11H2,1-4H3,(H2,17,18,19);1H. The van der Waals surface area contributed by atoms with E-state index in [9.17, 15) is 0 Å². The quantitative estimate of drug-likeness (QED) is 0.419. The van der Waals surface area contributed by atoms with Crippen LogP contribution in [0.4, 0.5) is 0 Å². The van der Waals surface area contributed by atoms with Crippen molar-refractivity contribution in [1.29, 1.82) is 0 Å². The molecule has 0 fully saturated rings. The maximum Gasteiger partial charge on any atom is 0.191 e. The highest BCUT2D eigenvalue weighted by Crippen LogP contribution is 2.15. The lowest BCUT2D eigenvalue weighted by Gasteiger charge is -2.12. The molecule has 0 amide bonds. The number of rotatable bonds is 6. The Morgan fingerprint density at radius 1 is 1.26 bits per heavy atom. The van der Waals surface area contributed by atoms with Crippen LogP contribution in [0.15, 0.2) is 27.8 Å². The molecule has 23 heavy (non-hydrogen) atoms. The molecule has 0 aliphatic carbocycles. The summed E-state index contributed by atoms with van der Waals surface area (Å²) in [7, 11) is 3.77. The van der Waals surface area contributed by atoms with Crippen molar-refractivity contribution in [2.45, 2.75) is 39.8 Å². The predicted molar refractivity (Wildman–Crippen MR) is 103 cm³/mol. The molecule has 6 nitrogen and oxygen atoms in total. The van der Waals surface area contributed by atoms with E-state index in [0.29, 0.717) is 6.54 Å². The summed E-state index contributed by atoms with van der Waals surface area (Å²) >= 11 is 0. The van der Waals surface area contributed by atoms with Gasteiger partial charge < -0.3 is 15.1 Å². The summed E-state index contributed by atoms with van der Waals surface area (Å²) in [5.41, 5.74) is 3.69. The summed E-state index contributed by atoms with van der Waals surface area (Å²) in [6.45, 7) is 5.62. The first-order valence-corrected chi connectivity index (χ1v) is 7.70. The van der Waals surface area contributed by atoms with Gasteiger partial charge in [-0.15, -0.1) is 24.0 Å². The van der Waals surface area contributed by atoms with Crippen molar-refractivity contribution in [3.05, 3.63) is 41.1 Å². The molecule has 7 heteroatoms. The van der Waals surface area contributed by atoms with Gasteiger partial charge >= 0.3 is 0 Å². The van der Waals surface area contributed by atoms with E-state index in [0.717, 1.165) is 36.8 Å². The van der Waals surface area contributed by atoms with Gasteiger partial charge in [0, 0.05) is 31.9 Å². The summed E-state index contributed by atoms with van der Waals surface area (Å²) in [4.78, 5) is 4.25. The number of halogens is 1. The smallest absolute Gasteiger partial charge is 0.191 e. The Balaban J connectivity index is 0.00000264. The molecule has 128 valence electrons. The summed E-state index contributed by atoms with van der Waals surface area (Å²) in [5, 5.41) is 11.2. The molecule has 2 rings (SSSR count). The molecule has 0 atom stereocenters. The maximum atomic E-state index is 5.31. The number of furan rings is 1. The Hall–Kier alpha value is -1.51. The lowest BCUT2D eigenvalue weighted by Crippen LogP contribution is -2.36. The second-order valence-electron chi connectivity index (χ2n) is 5.06.